The minimum atomic E-state index is -0.259. The molecule has 15 heavy (non-hydrogen) atoms. The average molecular weight is 214 g/mol. The van der Waals surface area contributed by atoms with Crippen molar-refractivity contribution >= 4 is 11.9 Å². The van der Waals surface area contributed by atoms with Gasteiger partial charge in [0, 0.05) is 13.1 Å². The molecule has 0 radical (unpaired) electrons. The summed E-state index contributed by atoms with van der Waals surface area (Å²) in [6, 6.07) is -0.192. The summed E-state index contributed by atoms with van der Waals surface area (Å²) >= 11 is 0. The van der Waals surface area contributed by atoms with Crippen molar-refractivity contribution < 1.29 is 14.3 Å². The van der Waals surface area contributed by atoms with E-state index in [4.69, 9.17) is 4.74 Å². The average Bonchev–Trinajstić information content (AvgIpc) is 2.18. The molecule has 0 spiro atoms. The zero-order valence-electron chi connectivity index (χ0n) is 9.28. The van der Waals surface area contributed by atoms with Gasteiger partial charge in [0.15, 0.2) is 0 Å². The van der Waals surface area contributed by atoms with E-state index in [-0.39, 0.29) is 24.5 Å². The zero-order chi connectivity index (χ0) is 11.3. The first-order valence-corrected chi connectivity index (χ1v) is 5.36. The highest BCUT2D eigenvalue weighted by molar-refractivity contribution is 5.83. The second-order valence-corrected chi connectivity index (χ2v) is 3.49. The first-order valence-electron chi connectivity index (χ1n) is 5.36. The van der Waals surface area contributed by atoms with Gasteiger partial charge in [0.25, 0.3) is 0 Å². The molecular weight excluding hydrogens is 196 g/mol. The summed E-state index contributed by atoms with van der Waals surface area (Å²) in [7, 11) is 0. The van der Waals surface area contributed by atoms with E-state index < -0.39 is 0 Å². The highest BCUT2D eigenvalue weighted by atomic mass is 16.5. The number of amides is 1. The van der Waals surface area contributed by atoms with Crippen LogP contribution >= 0.6 is 0 Å². The van der Waals surface area contributed by atoms with Crippen molar-refractivity contribution in [2.45, 2.75) is 26.3 Å². The summed E-state index contributed by atoms with van der Waals surface area (Å²) in [6.07, 6.45) is 0.714. The van der Waals surface area contributed by atoms with Crippen molar-refractivity contribution in [3.63, 3.8) is 0 Å². The van der Waals surface area contributed by atoms with Crippen LogP contribution in [0.1, 0.15) is 20.3 Å². The van der Waals surface area contributed by atoms with Crippen molar-refractivity contribution in [2.75, 3.05) is 26.2 Å². The first kappa shape index (κ1) is 12.0. The summed E-state index contributed by atoms with van der Waals surface area (Å²) in [5.74, 6) is -0.251. The standard InChI is InChI=1S/C10H18N2O3/c1-3-8-10(14)11-5-6-12(8)7-9(13)15-4-2/h8H,3-7H2,1-2H3,(H,11,14). The van der Waals surface area contributed by atoms with E-state index in [1.54, 1.807) is 6.92 Å². The van der Waals surface area contributed by atoms with Gasteiger partial charge in [0.2, 0.25) is 5.91 Å². The Bertz CT molecular complexity index is 243. The lowest BCUT2D eigenvalue weighted by Crippen LogP contribution is -2.56. The molecule has 1 unspecified atom stereocenters. The molecule has 1 heterocycles. The predicted octanol–water partition coefficient (Wildman–Crippen LogP) is -0.240. The molecule has 0 aliphatic carbocycles. The molecule has 5 nitrogen and oxygen atoms in total. The van der Waals surface area contributed by atoms with E-state index in [1.807, 2.05) is 11.8 Å². The Morgan fingerprint density at radius 3 is 2.93 bits per heavy atom. The first-order chi connectivity index (χ1) is 7.19. The molecule has 1 atom stereocenters. The number of hydrogen-bond acceptors (Lipinski definition) is 4. The number of carbonyl (C=O) groups is 2. The van der Waals surface area contributed by atoms with Crippen molar-refractivity contribution in [2.24, 2.45) is 0 Å². The summed E-state index contributed by atoms with van der Waals surface area (Å²) in [6.45, 7) is 5.62. The number of hydrogen-bond donors (Lipinski definition) is 1. The lowest BCUT2D eigenvalue weighted by atomic mass is 10.1. The topological polar surface area (TPSA) is 58.6 Å². The van der Waals surface area contributed by atoms with Gasteiger partial charge in [0.1, 0.15) is 0 Å². The fourth-order valence-corrected chi connectivity index (χ4v) is 1.77. The normalized spacial score (nSPS) is 22.3. The molecule has 1 aliphatic rings. The van der Waals surface area contributed by atoms with Crippen LogP contribution in [0.4, 0.5) is 0 Å². The quantitative estimate of drug-likeness (QED) is 0.656. The van der Waals surface area contributed by atoms with Crippen LogP contribution in [-0.2, 0) is 14.3 Å². The Kier molecular flexibility index (Phi) is 4.55. The van der Waals surface area contributed by atoms with Crippen LogP contribution in [0.2, 0.25) is 0 Å². The minimum absolute atomic E-state index is 0.00745. The van der Waals surface area contributed by atoms with Gasteiger partial charge in [-0.2, -0.15) is 0 Å². The summed E-state index contributed by atoms with van der Waals surface area (Å²) in [4.78, 5) is 24.6. The molecule has 0 saturated carbocycles. The number of nitrogens with one attached hydrogen (secondary N) is 1. The van der Waals surface area contributed by atoms with Gasteiger partial charge >= 0.3 is 5.97 Å². The minimum Gasteiger partial charge on any atom is -0.465 e. The van der Waals surface area contributed by atoms with Crippen LogP contribution < -0.4 is 5.32 Å². The van der Waals surface area contributed by atoms with E-state index >= 15 is 0 Å². The van der Waals surface area contributed by atoms with Crippen LogP contribution in [0.3, 0.4) is 0 Å². The third-order valence-corrected chi connectivity index (χ3v) is 2.47. The van der Waals surface area contributed by atoms with Crippen molar-refractivity contribution in [3.8, 4) is 0 Å². The van der Waals surface area contributed by atoms with E-state index in [0.29, 0.717) is 26.1 Å². The molecule has 86 valence electrons. The van der Waals surface area contributed by atoms with Gasteiger partial charge in [-0.05, 0) is 13.3 Å². The molecule has 1 N–H and O–H groups in total. The van der Waals surface area contributed by atoms with Crippen LogP contribution in [0.15, 0.2) is 0 Å². The van der Waals surface area contributed by atoms with Crippen LogP contribution in [-0.4, -0.2) is 49.1 Å². The highest BCUT2D eigenvalue weighted by Gasteiger charge is 2.29. The summed E-state index contributed by atoms with van der Waals surface area (Å²) < 4.78 is 4.86. The number of piperazine rings is 1. The smallest absolute Gasteiger partial charge is 0.320 e. The Morgan fingerprint density at radius 1 is 1.60 bits per heavy atom. The fraction of sp³-hybridized carbons (Fsp3) is 0.800. The van der Waals surface area contributed by atoms with E-state index in [2.05, 4.69) is 5.32 Å². The molecule has 5 heteroatoms. The Hall–Kier alpha value is -1.10. The molecule has 1 fully saturated rings. The van der Waals surface area contributed by atoms with Crippen LogP contribution in [0.5, 0.6) is 0 Å². The maximum Gasteiger partial charge on any atom is 0.320 e. The summed E-state index contributed by atoms with van der Waals surface area (Å²) in [5.41, 5.74) is 0. The predicted molar refractivity (Wildman–Crippen MR) is 55.3 cm³/mol. The van der Waals surface area contributed by atoms with Crippen molar-refractivity contribution in [1.29, 1.82) is 0 Å². The molecule has 1 saturated heterocycles. The third-order valence-electron chi connectivity index (χ3n) is 2.47. The van der Waals surface area contributed by atoms with Gasteiger partial charge in [-0.25, -0.2) is 0 Å². The van der Waals surface area contributed by atoms with Gasteiger partial charge in [0.05, 0.1) is 19.2 Å². The number of esters is 1. The van der Waals surface area contributed by atoms with Gasteiger partial charge in [-0.15, -0.1) is 0 Å². The molecule has 0 aromatic carbocycles. The van der Waals surface area contributed by atoms with E-state index in [1.165, 1.54) is 0 Å². The Balaban J connectivity index is 2.51. The highest BCUT2D eigenvalue weighted by Crippen LogP contribution is 2.07. The maximum absolute atomic E-state index is 11.5. The monoisotopic (exact) mass is 214 g/mol. The third kappa shape index (κ3) is 3.20. The molecule has 1 rings (SSSR count). The fourth-order valence-electron chi connectivity index (χ4n) is 1.77. The number of rotatable bonds is 4. The van der Waals surface area contributed by atoms with Gasteiger partial charge < -0.3 is 10.1 Å². The van der Waals surface area contributed by atoms with E-state index in [9.17, 15) is 9.59 Å². The second kappa shape index (κ2) is 5.70. The Morgan fingerprint density at radius 2 is 2.33 bits per heavy atom. The number of carbonyl (C=O) groups excluding carboxylic acids is 2. The van der Waals surface area contributed by atoms with Crippen molar-refractivity contribution in [1.82, 2.24) is 10.2 Å². The van der Waals surface area contributed by atoms with Gasteiger partial charge in [-0.3, -0.25) is 14.5 Å². The van der Waals surface area contributed by atoms with E-state index in [0.717, 1.165) is 0 Å². The second-order valence-electron chi connectivity index (χ2n) is 3.49. The molecule has 0 aromatic rings. The molecule has 1 aliphatic heterocycles. The maximum atomic E-state index is 11.5. The number of ether oxygens (including phenoxy) is 1. The Labute approximate surface area is 89.8 Å². The number of nitrogens with zero attached hydrogens (tertiary/aromatic N) is 1. The molecule has 1 amide bonds. The lowest BCUT2D eigenvalue weighted by Gasteiger charge is -2.33. The van der Waals surface area contributed by atoms with Gasteiger partial charge in [-0.1, -0.05) is 6.92 Å². The molecule has 0 bridgehead atoms. The molecular formula is C10H18N2O3. The lowest BCUT2D eigenvalue weighted by molar-refractivity contribution is -0.146. The summed E-state index contributed by atoms with van der Waals surface area (Å²) in [5, 5.41) is 2.79. The van der Waals surface area contributed by atoms with Crippen LogP contribution in [0, 0.1) is 0 Å². The van der Waals surface area contributed by atoms with Crippen molar-refractivity contribution in [3.05, 3.63) is 0 Å². The zero-order valence-corrected chi connectivity index (χ0v) is 9.28. The largest absolute Gasteiger partial charge is 0.465 e. The SMILES string of the molecule is CCOC(=O)CN1CCNC(=O)C1CC. The van der Waals surface area contributed by atoms with Crippen LogP contribution in [0.25, 0.3) is 0 Å². The molecule has 0 aromatic heterocycles.